The Kier molecular flexibility index (Phi) is 4.99. The van der Waals surface area contributed by atoms with Crippen molar-refractivity contribution in [3.05, 3.63) is 20.8 Å². The number of hydrogen-bond acceptors (Lipinski definition) is 5. The van der Waals surface area contributed by atoms with Gasteiger partial charge in [-0.2, -0.15) is 0 Å². The molecule has 1 aromatic rings. The van der Waals surface area contributed by atoms with Crippen molar-refractivity contribution in [2.24, 2.45) is 11.3 Å². The number of hydrogen-bond donors (Lipinski definition) is 4. The molecule has 5 N–H and O–H groups in total. The van der Waals surface area contributed by atoms with Crippen molar-refractivity contribution < 1.29 is 5.11 Å². The molecule has 0 saturated carbocycles. The van der Waals surface area contributed by atoms with Crippen LogP contribution in [0.1, 0.15) is 27.7 Å². The lowest BCUT2D eigenvalue weighted by Crippen LogP contribution is -2.37. The molecule has 0 aliphatic rings. The van der Waals surface area contributed by atoms with Crippen LogP contribution in [-0.4, -0.2) is 27.8 Å². The Morgan fingerprint density at radius 2 is 2.00 bits per heavy atom. The van der Waals surface area contributed by atoms with E-state index < -0.39 is 16.7 Å². The van der Waals surface area contributed by atoms with Crippen LogP contribution in [0.5, 0.6) is 0 Å². The number of H-pyrrole nitrogens is 1. The molecule has 0 aliphatic heterocycles. The van der Waals surface area contributed by atoms with Crippen LogP contribution in [-0.2, 0) is 6.54 Å². The molecule has 0 spiro atoms. The zero-order valence-corrected chi connectivity index (χ0v) is 12.5. The average Bonchev–Trinajstić information content (AvgIpc) is 2.33. The molecule has 0 aromatic carbocycles. The van der Waals surface area contributed by atoms with E-state index in [1.54, 1.807) is 0 Å². The van der Waals surface area contributed by atoms with Crippen molar-refractivity contribution in [2.45, 2.75) is 34.2 Å². The minimum Gasteiger partial charge on any atom is -0.396 e. The highest BCUT2D eigenvalue weighted by molar-refractivity contribution is 5.60. The van der Waals surface area contributed by atoms with E-state index in [0.717, 1.165) is 0 Å². The van der Waals surface area contributed by atoms with E-state index in [2.05, 4.69) is 10.3 Å². The Morgan fingerprint density at radius 1 is 1.40 bits per heavy atom. The molecular formula is C13H24N4O3. The van der Waals surface area contributed by atoms with Crippen LogP contribution in [0.4, 0.5) is 11.5 Å². The van der Waals surface area contributed by atoms with Crippen LogP contribution in [0.25, 0.3) is 0 Å². The van der Waals surface area contributed by atoms with Crippen molar-refractivity contribution >= 4 is 11.5 Å². The monoisotopic (exact) mass is 284 g/mol. The number of aromatic nitrogens is 2. The van der Waals surface area contributed by atoms with Gasteiger partial charge in [-0.1, -0.05) is 27.7 Å². The van der Waals surface area contributed by atoms with Crippen molar-refractivity contribution in [3.8, 4) is 0 Å². The van der Waals surface area contributed by atoms with Gasteiger partial charge >= 0.3 is 5.69 Å². The second kappa shape index (κ2) is 6.13. The predicted octanol–water partition coefficient (Wildman–Crippen LogP) is 0.205. The molecule has 1 rings (SSSR count). The number of nitrogens with zero attached hydrogens (tertiary/aromatic N) is 1. The summed E-state index contributed by atoms with van der Waals surface area (Å²) in [6.07, 6.45) is 0. The summed E-state index contributed by atoms with van der Waals surface area (Å²) < 4.78 is 1.35. The third kappa shape index (κ3) is 3.86. The number of nitrogens with two attached hydrogens (primary N) is 1. The highest BCUT2D eigenvalue weighted by Crippen LogP contribution is 2.17. The zero-order valence-electron chi connectivity index (χ0n) is 12.5. The molecule has 20 heavy (non-hydrogen) atoms. The number of nitrogen functional groups attached to an aromatic ring is 1. The summed E-state index contributed by atoms with van der Waals surface area (Å²) in [5.41, 5.74) is 4.66. The number of aliphatic hydroxyl groups is 1. The molecule has 0 unspecified atom stereocenters. The summed E-state index contributed by atoms with van der Waals surface area (Å²) in [5.74, 6) is 0.351. The molecule has 0 amide bonds. The highest BCUT2D eigenvalue weighted by Gasteiger charge is 2.19. The van der Waals surface area contributed by atoms with Crippen molar-refractivity contribution in [3.63, 3.8) is 0 Å². The highest BCUT2D eigenvalue weighted by atomic mass is 16.3. The van der Waals surface area contributed by atoms with Crippen LogP contribution in [0, 0.1) is 11.3 Å². The van der Waals surface area contributed by atoms with Gasteiger partial charge in [-0.05, 0) is 5.92 Å². The fraction of sp³-hybridized carbons (Fsp3) is 0.692. The first kappa shape index (κ1) is 16.3. The molecule has 7 nitrogen and oxygen atoms in total. The van der Waals surface area contributed by atoms with Gasteiger partial charge in [-0.15, -0.1) is 0 Å². The lowest BCUT2D eigenvalue weighted by Gasteiger charge is -2.23. The molecule has 1 aromatic heterocycles. The molecule has 0 fully saturated rings. The van der Waals surface area contributed by atoms with Crippen LogP contribution in [0.2, 0.25) is 0 Å². The average molecular weight is 284 g/mol. The van der Waals surface area contributed by atoms with Crippen LogP contribution < -0.4 is 22.3 Å². The van der Waals surface area contributed by atoms with Crippen molar-refractivity contribution in [1.29, 1.82) is 0 Å². The normalized spacial score (nSPS) is 11.9. The summed E-state index contributed by atoms with van der Waals surface area (Å²) in [5, 5.41) is 12.1. The minimum atomic E-state index is -0.541. The van der Waals surface area contributed by atoms with Crippen LogP contribution in [0.15, 0.2) is 9.59 Å². The van der Waals surface area contributed by atoms with Gasteiger partial charge in [0.15, 0.2) is 0 Å². The maximum absolute atomic E-state index is 11.8. The molecular weight excluding hydrogens is 260 g/mol. The summed E-state index contributed by atoms with van der Waals surface area (Å²) in [7, 11) is 0. The molecule has 0 atom stereocenters. The van der Waals surface area contributed by atoms with Gasteiger partial charge in [0.05, 0.1) is 0 Å². The largest absolute Gasteiger partial charge is 0.396 e. The standard InChI is InChI=1S/C13H24N4O3/c1-8(2)5-17-10(14)9(11(19)16-12(17)20)15-6-13(3,4)7-18/h8,15,18H,5-7,14H2,1-4H3,(H,16,19,20). The number of anilines is 2. The first-order valence-electron chi connectivity index (χ1n) is 6.65. The third-order valence-electron chi connectivity index (χ3n) is 2.96. The van der Waals surface area contributed by atoms with Crippen LogP contribution >= 0.6 is 0 Å². The van der Waals surface area contributed by atoms with E-state index in [-0.39, 0.29) is 24.0 Å². The zero-order chi connectivity index (χ0) is 15.5. The molecule has 7 heteroatoms. The first-order chi connectivity index (χ1) is 9.18. The maximum atomic E-state index is 11.8. The quantitative estimate of drug-likeness (QED) is 0.596. The number of aromatic amines is 1. The van der Waals surface area contributed by atoms with E-state index in [0.29, 0.717) is 13.1 Å². The molecule has 0 aliphatic carbocycles. The fourth-order valence-corrected chi connectivity index (χ4v) is 1.69. The second-order valence-corrected chi connectivity index (χ2v) is 6.20. The number of aliphatic hydroxyl groups excluding tert-OH is 1. The smallest absolute Gasteiger partial charge is 0.330 e. The van der Waals surface area contributed by atoms with E-state index in [1.165, 1.54) is 4.57 Å². The Balaban J connectivity index is 3.14. The van der Waals surface area contributed by atoms with Gasteiger partial charge in [-0.25, -0.2) is 4.79 Å². The topological polar surface area (TPSA) is 113 Å². The predicted molar refractivity (Wildman–Crippen MR) is 79.9 cm³/mol. The van der Waals surface area contributed by atoms with E-state index in [1.807, 2.05) is 27.7 Å². The Labute approximate surface area is 117 Å². The van der Waals surface area contributed by atoms with Gasteiger partial charge < -0.3 is 16.2 Å². The summed E-state index contributed by atoms with van der Waals surface area (Å²) >= 11 is 0. The van der Waals surface area contributed by atoms with Crippen LogP contribution in [0.3, 0.4) is 0 Å². The first-order valence-corrected chi connectivity index (χ1v) is 6.65. The minimum absolute atomic E-state index is 0.0244. The molecule has 0 bridgehead atoms. The molecule has 0 saturated heterocycles. The number of nitrogens with one attached hydrogen (secondary N) is 2. The molecule has 114 valence electrons. The van der Waals surface area contributed by atoms with E-state index in [9.17, 15) is 14.7 Å². The van der Waals surface area contributed by atoms with Gasteiger partial charge in [0.1, 0.15) is 11.5 Å². The summed E-state index contributed by atoms with van der Waals surface area (Å²) in [6, 6.07) is 0. The van der Waals surface area contributed by atoms with Gasteiger partial charge in [0.2, 0.25) is 0 Å². The Bertz CT molecular complexity index is 572. The summed E-state index contributed by atoms with van der Waals surface area (Å²) in [6.45, 7) is 8.40. The lowest BCUT2D eigenvalue weighted by atomic mass is 9.95. The number of rotatable bonds is 6. The van der Waals surface area contributed by atoms with Gasteiger partial charge in [0, 0.05) is 25.1 Å². The molecule has 1 heterocycles. The molecule has 0 radical (unpaired) electrons. The van der Waals surface area contributed by atoms with Gasteiger partial charge in [0.25, 0.3) is 5.56 Å². The van der Waals surface area contributed by atoms with E-state index in [4.69, 9.17) is 5.73 Å². The van der Waals surface area contributed by atoms with Crippen molar-refractivity contribution in [1.82, 2.24) is 9.55 Å². The van der Waals surface area contributed by atoms with E-state index >= 15 is 0 Å². The SMILES string of the molecule is CC(C)Cn1c(N)c(NCC(C)(C)CO)c(=O)[nH]c1=O. The second-order valence-electron chi connectivity index (χ2n) is 6.20. The lowest BCUT2D eigenvalue weighted by molar-refractivity contribution is 0.171. The Hall–Kier alpha value is -1.76. The Morgan fingerprint density at radius 3 is 2.50 bits per heavy atom. The van der Waals surface area contributed by atoms with Crippen molar-refractivity contribution in [2.75, 3.05) is 24.2 Å². The third-order valence-corrected chi connectivity index (χ3v) is 2.96. The fourth-order valence-electron chi connectivity index (χ4n) is 1.69. The van der Waals surface area contributed by atoms with Gasteiger partial charge in [-0.3, -0.25) is 14.3 Å². The maximum Gasteiger partial charge on any atom is 0.330 e. The summed E-state index contributed by atoms with van der Waals surface area (Å²) in [4.78, 5) is 25.9.